The SMILES string of the molecule is CCCCCOc1ccc(-c2nc3cc(Cl)c(Cl)cc3[nH]2)cc1OCC. The largest absolute Gasteiger partial charge is 0.490 e. The highest BCUT2D eigenvalue weighted by Gasteiger charge is 2.12. The Morgan fingerprint density at radius 2 is 1.77 bits per heavy atom. The maximum absolute atomic E-state index is 6.08. The molecular weight excluding hydrogens is 371 g/mol. The van der Waals surface area contributed by atoms with Gasteiger partial charge in [0.25, 0.3) is 0 Å². The van der Waals surface area contributed by atoms with Crippen molar-refractivity contribution in [1.82, 2.24) is 9.97 Å². The summed E-state index contributed by atoms with van der Waals surface area (Å²) < 4.78 is 11.6. The van der Waals surface area contributed by atoms with E-state index >= 15 is 0 Å². The highest BCUT2D eigenvalue weighted by Crippen LogP contribution is 2.34. The topological polar surface area (TPSA) is 47.1 Å². The van der Waals surface area contributed by atoms with Gasteiger partial charge in [-0.25, -0.2) is 4.98 Å². The lowest BCUT2D eigenvalue weighted by Crippen LogP contribution is -2.01. The number of rotatable bonds is 8. The van der Waals surface area contributed by atoms with Gasteiger partial charge in [0.1, 0.15) is 5.82 Å². The zero-order valence-corrected chi connectivity index (χ0v) is 16.5. The van der Waals surface area contributed by atoms with Gasteiger partial charge in [0.2, 0.25) is 0 Å². The fraction of sp³-hybridized carbons (Fsp3) is 0.350. The smallest absolute Gasteiger partial charge is 0.161 e. The van der Waals surface area contributed by atoms with E-state index in [1.807, 2.05) is 25.1 Å². The predicted molar refractivity (Wildman–Crippen MR) is 108 cm³/mol. The van der Waals surface area contributed by atoms with Crippen LogP contribution in [-0.2, 0) is 0 Å². The number of halogens is 2. The molecule has 6 heteroatoms. The van der Waals surface area contributed by atoms with Crippen LogP contribution in [0.5, 0.6) is 11.5 Å². The average Bonchev–Trinajstić information content (AvgIpc) is 3.03. The summed E-state index contributed by atoms with van der Waals surface area (Å²) in [5.41, 5.74) is 2.53. The van der Waals surface area contributed by atoms with Crippen LogP contribution in [0.4, 0.5) is 0 Å². The molecule has 0 amide bonds. The number of nitrogens with one attached hydrogen (secondary N) is 1. The van der Waals surface area contributed by atoms with Crippen molar-refractivity contribution in [3.05, 3.63) is 40.4 Å². The number of benzene rings is 2. The predicted octanol–water partition coefficient (Wildman–Crippen LogP) is 6.50. The Hall–Kier alpha value is -1.91. The van der Waals surface area contributed by atoms with Gasteiger partial charge in [-0.05, 0) is 43.7 Å². The lowest BCUT2D eigenvalue weighted by Gasteiger charge is -2.12. The highest BCUT2D eigenvalue weighted by molar-refractivity contribution is 6.42. The number of fused-ring (bicyclic) bond motifs is 1. The Morgan fingerprint density at radius 3 is 2.54 bits per heavy atom. The van der Waals surface area contributed by atoms with Crippen LogP contribution < -0.4 is 9.47 Å². The van der Waals surface area contributed by atoms with Gasteiger partial charge in [-0.1, -0.05) is 43.0 Å². The number of aromatic amines is 1. The van der Waals surface area contributed by atoms with Crippen molar-refractivity contribution in [3.63, 3.8) is 0 Å². The fourth-order valence-corrected chi connectivity index (χ4v) is 3.04. The molecule has 0 atom stereocenters. The first-order valence-electron chi connectivity index (χ1n) is 8.87. The van der Waals surface area contributed by atoms with Crippen LogP contribution in [0, 0.1) is 0 Å². The Labute approximate surface area is 163 Å². The summed E-state index contributed by atoms with van der Waals surface area (Å²) in [6.07, 6.45) is 3.36. The second-order valence-electron chi connectivity index (χ2n) is 6.02. The molecule has 4 nitrogen and oxygen atoms in total. The fourth-order valence-electron chi connectivity index (χ4n) is 2.72. The average molecular weight is 393 g/mol. The van der Waals surface area contributed by atoms with E-state index in [0.717, 1.165) is 46.8 Å². The van der Waals surface area contributed by atoms with Gasteiger partial charge >= 0.3 is 0 Å². The first-order chi connectivity index (χ1) is 12.6. The number of unbranched alkanes of at least 4 members (excludes halogenated alkanes) is 2. The molecule has 1 aromatic heterocycles. The number of aromatic nitrogens is 2. The highest BCUT2D eigenvalue weighted by atomic mass is 35.5. The van der Waals surface area contributed by atoms with Crippen LogP contribution in [0.15, 0.2) is 30.3 Å². The van der Waals surface area contributed by atoms with Gasteiger partial charge in [0, 0.05) is 5.56 Å². The van der Waals surface area contributed by atoms with Crippen LogP contribution in [-0.4, -0.2) is 23.2 Å². The molecule has 0 aliphatic carbocycles. The minimum atomic E-state index is 0.489. The van der Waals surface area contributed by atoms with E-state index in [0.29, 0.717) is 23.3 Å². The van der Waals surface area contributed by atoms with E-state index in [-0.39, 0.29) is 0 Å². The van der Waals surface area contributed by atoms with Gasteiger partial charge in [-0.2, -0.15) is 0 Å². The van der Waals surface area contributed by atoms with Crippen molar-refractivity contribution in [3.8, 4) is 22.9 Å². The number of H-pyrrole nitrogens is 1. The summed E-state index contributed by atoms with van der Waals surface area (Å²) in [6, 6.07) is 9.38. The molecule has 0 aliphatic rings. The molecule has 3 aromatic rings. The summed E-state index contributed by atoms with van der Waals surface area (Å²) >= 11 is 12.2. The molecule has 3 rings (SSSR count). The molecule has 1 N–H and O–H groups in total. The molecule has 0 unspecified atom stereocenters. The van der Waals surface area contributed by atoms with E-state index in [9.17, 15) is 0 Å². The Kier molecular flexibility index (Phi) is 6.28. The van der Waals surface area contributed by atoms with Crippen molar-refractivity contribution < 1.29 is 9.47 Å². The van der Waals surface area contributed by atoms with Crippen molar-refractivity contribution in [2.24, 2.45) is 0 Å². The zero-order valence-electron chi connectivity index (χ0n) is 14.9. The van der Waals surface area contributed by atoms with Gasteiger partial charge in [-0.3, -0.25) is 0 Å². The number of imidazole rings is 1. The Balaban J connectivity index is 1.88. The van der Waals surface area contributed by atoms with Crippen LogP contribution in [0.2, 0.25) is 10.0 Å². The Morgan fingerprint density at radius 1 is 0.962 bits per heavy atom. The van der Waals surface area contributed by atoms with Crippen molar-refractivity contribution >= 4 is 34.2 Å². The first-order valence-corrected chi connectivity index (χ1v) is 9.62. The number of ether oxygens (including phenoxy) is 2. The van der Waals surface area contributed by atoms with Crippen LogP contribution in [0.25, 0.3) is 22.4 Å². The van der Waals surface area contributed by atoms with Gasteiger partial charge in [0.05, 0.1) is 34.3 Å². The van der Waals surface area contributed by atoms with Crippen LogP contribution in [0.1, 0.15) is 33.1 Å². The van der Waals surface area contributed by atoms with Gasteiger partial charge in [0.15, 0.2) is 11.5 Å². The molecule has 0 radical (unpaired) electrons. The quantitative estimate of drug-likeness (QED) is 0.444. The van der Waals surface area contributed by atoms with Crippen molar-refractivity contribution in [1.29, 1.82) is 0 Å². The third kappa shape index (κ3) is 4.25. The third-order valence-corrected chi connectivity index (χ3v) is 4.77. The summed E-state index contributed by atoms with van der Waals surface area (Å²) in [7, 11) is 0. The molecular formula is C20H22Cl2N2O2. The van der Waals surface area contributed by atoms with E-state index < -0.39 is 0 Å². The molecule has 0 fully saturated rings. The maximum atomic E-state index is 6.08. The minimum Gasteiger partial charge on any atom is -0.490 e. The maximum Gasteiger partial charge on any atom is 0.161 e. The second-order valence-corrected chi connectivity index (χ2v) is 6.83. The van der Waals surface area contributed by atoms with E-state index in [4.69, 9.17) is 32.7 Å². The lowest BCUT2D eigenvalue weighted by atomic mass is 10.2. The number of hydrogen-bond donors (Lipinski definition) is 1. The second kappa shape index (κ2) is 8.65. The Bertz CT molecular complexity index is 854. The monoisotopic (exact) mass is 392 g/mol. The van der Waals surface area contributed by atoms with Gasteiger partial charge in [-0.15, -0.1) is 0 Å². The summed E-state index contributed by atoms with van der Waals surface area (Å²) in [6.45, 7) is 5.39. The number of hydrogen-bond acceptors (Lipinski definition) is 3. The molecule has 1 heterocycles. The zero-order chi connectivity index (χ0) is 18.5. The molecule has 0 spiro atoms. The molecule has 0 saturated carbocycles. The molecule has 0 aliphatic heterocycles. The lowest BCUT2D eigenvalue weighted by molar-refractivity contribution is 0.271. The van der Waals surface area contributed by atoms with E-state index in [1.54, 1.807) is 12.1 Å². The molecule has 0 bridgehead atoms. The molecule has 2 aromatic carbocycles. The summed E-state index contributed by atoms with van der Waals surface area (Å²) in [4.78, 5) is 7.89. The van der Waals surface area contributed by atoms with E-state index in [2.05, 4.69) is 16.9 Å². The molecule has 138 valence electrons. The molecule has 0 saturated heterocycles. The minimum absolute atomic E-state index is 0.489. The normalized spacial score (nSPS) is 11.1. The standard InChI is InChI=1S/C20H22Cl2N2O2/c1-3-5-6-9-26-18-8-7-13(10-19(18)25-4-2)20-23-16-11-14(21)15(22)12-17(16)24-20/h7-8,10-12H,3-6,9H2,1-2H3,(H,23,24). The molecule has 26 heavy (non-hydrogen) atoms. The summed E-state index contributed by atoms with van der Waals surface area (Å²) in [5, 5.41) is 0.989. The van der Waals surface area contributed by atoms with E-state index in [1.165, 1.54) is 6.42 Å². The first kappa shape index (κ1) is 18.9. The van der Waals surface area contributed by atoms with Crippen molar-refractivity contribution in [2.75, 3.05) is 13.2 Å². The summed E-state index contributed by atoms with van der Waals surface area (Å²) in [5.74, 6) is 2.21. The van der Waals surface area contributed by atoms with Crippen molar-refractivity contribution in [2.45, 2.75) is 33.1 Å². The van der Waals surface area contributed by atoms with Gasteiger partial charge < -0.3 is 14.5 Å². The van der Waals surface area contributed by atoms with Crippen LogP contribution >= 0.6 is 23.2 Å². The number of nitrogens with zero attached hydrogens (tertiary/aromatic N) is 1. The van der Waals surface area contributed by atoms with Crippen LogP contribution in [0.3, 0.4) is 0 Å². The third-order valence-electron chi connectivity index (χ3n) is 4.05.